The standard InChI is InChI=1S/C12H10ClFN2O/c1-16-5-4-11(15-16)12(17)7-8-6-9(13)2-3-10(8)14/h2-6H,7H2,1H3. The zero-order chi connectivity index (χ0) is 12.4. The van der Waals surface area contributed by atoms with Crippen LogP contribution in [0.3, 0.4) is 0 Å². The Balaban J connectivity index is 2.21. The van der Waals surface area contributed by atoms with Crippen molar-refractivity contribution in [3.8, 4) is 0 Å². The van der Waals surface area contributed by atoms with Gasteiger partial charge in [0, 0.05) is 24.7 Å². The molecule has 0 aliphatic rings. The summed E-state index contributed by atoms with van der Waals surface area (Å²) in [6, 6.07) is 5.76. The molecule has 0 saturated heterocycles. The Morgan fingerprint density at radius 2 is 2.24 bits per heavy atom. The van der Waals surface area contributed by atoms with Gasteiger partial charge in [0.15, 0.2) is 5.78 Å². The van der Waals surface area contributed by atoms with Gasteiger partial charge in [0.1, 0.15) is 11.5 Å². The van der Waals surface area contributed by atoms with Crippen LogP contribution in [0.25, 0.3) is 0 Å². The lowest BCUT2D eigenvalue weighted by atomic mass is 10.1. The first-order valence-electron chi connectivity index (χ1n) is 5.03. The minimum Gasteiger partial charge on any atom is -0.292 e. The van der Waals surface area contributed by atoms with E-state index >= 15 is 0 Å². The van der Waals surface area contributed by atoms with E-state index in [2.05, 4.69) is 5.10 Å². The summed E-state index contributed by atoms with van der Waals surface area (Å²) in [7, 11) is 1.72. The van der Waals surface area contributed by atoms with Gasteiger partial charge in [-0.05, 0) is 29.8 Å². The first kappa shape index (κ1) is 11.8. The molecular weight excluding hydrogens is 243 g/mol. The van der Waals surface area contributed by atoms with Crippen LogP contribution in [-0.4, -0.2) is 15.6 Å². The highest BCUT2D eigenvalue weighted by molar-refractivity contribution is 6.30. The van der Waals surface area contributed by atoms with Crippen molar-refractivity contribution >= 4 is 17.4 Å². The predicted molar refractivity (Wildman–Crippen MR) is 62.7 cm³/mol. The van der Waals surface area contributed by atoms with E-state index in [-0.39, 0.29) is 17.8 Å². The average Bonchev–Trinajstić information content (AvgIpc) is 2.70. The van der Waals surface area contributed by atoms with Crippen molar-refractivity contribution in [1.29, 1.82) is 0 Å². The highest BCUT2D eigenvalue weighted by atomic mass is 35.5. The SMILES string of the molecule is Cn1ccc(C(=O)Cc2cc(Cl)ccc2F)n1. The molecule has 0 unspecified atom stereocenters. The molecule has 0 amide bonds. The fourth-order valence-electron chi connectivity index (χ4n) is 1.51. The number of benzene rings is 1. The number of hydrogen-bond acceptors (Lipinski definition) is 2. The monoisotopic (exact) mass is 252 g/mol. The summed E-state index contributed by atoms with van der Waals surface area (Å²) >= 11 is 5.75. The summed E-state index contributed by atoms with van der Waals surface area (Å²) in [5.41, 5.74) is 0.611. The van der Waals surface area contributed by atoms with Crippen LogP contribution in [0.2, 0.25) is 5.02 Å². The van der Waals surface area contributed by atoms with Crippen molar-refractivity contribution in [1.82, 2.24) is 9.78 Å². The number of aromatic nitrogens is 2. The predicted octanol–water partition coefficient (Wildman–Crippen LogP) is 2.64. The summed E-state index contributed by atoms with van der Waals surface area (Å²) in [6.45, 7) is 0. The summed E-state index contributed by atoms with van der Waals surface area (Å²) < 4.78 is 14.9. The fourth-order valence-corrected chi connectivity index (χ4v) is 1.70. The first-order chi connectivity index (χ1) is 8.06. The maximum Gasteiger partial charge on any atom is 0.187 e. The third-order valence-corrected chi connectivity index (χ3v) is 2.59. The lowest BCUT2D eigenvalue weighted by Crippen LogP contribution is -2.06. The Morgan fingerprint density at radius 3 is 2.88 bits per heavy atom. The van der Waals surface area contributed by atoms with Crippen molar-refractivity contribution in [3.63, 3.8) is 0 Å². The van der Waals surface area contributed by atoms with E-state index in [1.54, 1.807) is 19.3 Å². The Morgan fingerprint density at radius 1 is 1.47 bits per heavy atom. The van der Waals surface area contributed by atoms with Gasteiger partial charge in [-0.25, -0.2) is 4.39 Å². The molecule has 0 N–H and O–H groups in total. The molecule has 3 nitrogen and oxygen atoms in total. The van der Waals surface area contributed by atoms with E-state index in [1.165, 1.54) is 22.9 Å². The van der Waals surface area contributed by atoms with Gasteiger partial charge in [-0.3, -0.25) is 9.48 Å². The van der Waals surface area contributed by atoms with E-state index in [4.69, 9.17) is 11.6 Å². The zero-order valence-corrected chi connectivity index (χ0v) is 9.91. The fraction of sp³-hybridized carbons (Fsp3) is 0.167. The maximum atomic E-state index is 13.4. The van der Waals surface area contributed by atoms with Crippen LogP contribution in [0.15, 0.2) is 30.5 Å². The van der Waals surface area contributed by atoms with E-state index < -0.39 is 5.82 Å². The molecule has 2 rings (SSSR count). The Labute approximate surface area is 103 Å². The minimum absolute atomic E-state index is 0.0383. The molecule has 2 aromatic rings. The van der Waals surface area contributed by atoms with Gasteiger partial charge in [-0.1, -0.05) is 11.6 Å². The van der Waals surface area contributed by atoms with Crippen LogP contribution in [0, 0.1) is 5.82 Å². The molecule has 88 valence electrons. The highest BCUT2D eigenvalue weighted by Crippen LogP contribution is 2.16. The number of rotatable bonds is 3. The number of carbonyl (C=O) groups is 1. The lowest BCUT2D eigenvalue weighted by molar-refractivity contribution is 0.0986. The van der Waals surface area contributed by atoms with Crippen molar-refractivity contribution in [2.45, 2.75) is 6.42 Å². The minimum atomic E-state index is -0.432. The molecule has 0 radical (unpaired) electrons. The molecule has 0 fully saturated rings. The molecule has 0 spiro atoms. The molecule has 0 bridgehead atoms. The molecule has 0 atom stereocenters. The molecule has 1 aromatic heterocycles. The summed E-state index contributed by atoms with van der Waals surface area (Å²) in [6.07, 6.45) is 1.63. The van der Waals surface area contributed by atoms with Crippen LogP contribution >= 0.6 is 11.6 Å². The summed E-state index contributed by atoms with van der Waals surface area (Å²) in [5, 5.41) is 4.38. The van der Waals surface area contributed by atoms with Gasteiger partial charge in [0.05, 0.1) is 0 Å². The molecular formula is C12H10ClFN2O. The maximum absolute atomic E-state index is 13.4. The van der Waals surface area contributed by atoms with E-state index in [9.17, 15) is 9.18 Å². The zero-order valence-electron chi connectivity index (χ0n) is 9.15. The second-order valence-electron chi connectivity index (χ2n) is 3.71. The summed E-state index contributed by atoms with van der Waals surface area (Å²) in [5.74, 6) is -0.662. The largest absolute Gasteiger partial charge is 0.292 e. The molecule has 0 saturated carbocycles. The van der Waals surface area contributed by atoms with Gasteiger partial charge in [0.25, 0.3) is 0 Å². The number of nitrogens with zero attached hydrogens (tertiary/aromatic N) is 2. The van der Waals surface area contributed by atoms with Gasteiger partial charge < -0.3 is 0 Å². The first-order valence-corrected chi connectivity index (χ1v) is 5.41. The van der Waals surface area contributed by atoms with E-state index in [0.717, 1.165) is 0 Å². The number of aryl methyl sites for hydroxylation is 1. The number of halogens is 2. The topological polar surface area (TPSA) is 34.9 Å². The molecule has 0 aliphatic carbocycles. The van der Waals surface area contributed by atoms with Crippen molar-refractivity contribution < 1.29 is 9.18 Å². The smallest absolute Gasteiger partial charge is 0.187 e. The Bertz CT molecular complexity index is 565. The second-order valence-corrected chi connectivity index (χ2v) is 4.15. The normalized spacial score (nSPS) is 10.5. The lowest BCUT2D eigenvalue weighted by Gasteiger charge is -2.01. The molecule has 0 aliphatic heterocycles. The van der Waals surface area contributed by atoms with Gasteiger partial charge >= 0.3 is 0 Å². The number of hydrogen-bond donors (Lipinski definition) is 0. The number of carbonyl (C=O) groups excluding carboxylic acids is 1. The summed E-state index contributed by atoms with van der Waals surface area (Å²) in [4.78, 5) is 11.8. The molecule has 1 aromatic carbocycles. The number of ketones is 1. The van der Waals surface area contributed by atoms with E-state index in [1.807, 2.05) is 0 Å². The second kappa shape index (κ2) is 4.67. The van der Waals surface area contributed by atoms with Gasteiger partial charge in [-0.2, -0.15) is 5.10 Å². The average molecular weight is 253 g/mol. The van der Waals surface area contributed by atoms with Crippen LogP contribution in [0.4, 0.5) is 4.39 Å². The third kappa shape index (κ3) is 2.71. The van der Waals surface area contributed by atoms with Crippen LogP contribution < -0.4 is 0 Å². The Kier molecular flexibility index (Phi) is 3.24. The van der Waals surface area contributed by atoms with Crippen molar-refractivity contribution in [2.75, 3.05) is 0 Å². The number of Topliss-reactive ketones (excluding diaryl/α,β-unsaturated/α-hetero) is 1. The molecule has 5 heteroatoms. The quantitative estimate of drug-likeness (QED) is 0.787. The Hall–Kier alpha value is -1.68. The van der Waals surface area contributed by atoms with Crippen LogP contribution in [0.5, 0.6) is 0 Å². The van der Waals surface area contributed by atoms with Gasteiger partial charge in [-0.15, -0.1) is 0 Å². The van der Waals surface area contributed by atoms with Crippen molar-refractivity contribution in [2.24, 2.45) is 7.05 Å². The van der Waals surface area contributed by atoms with Crippen LogP contribution in [0.1, 0.15) is 16.1 Å². The third-order valence-electron chi connectivity index (χ3n) is 2.36. The van der Waals surface area contributed by atoms with E-state index in [0.29, 0.717) is 10.7 Å². The molecule has 17 heavy (non-hydrogen) atoms. The molecule has 1 heterocycles. The van der Waals surface area contributed by atoms with Crippen LogP contribution in [-0.2, 0) is 13.5 Å². The highest BCUT2D eigenvalue weighted by Gasteiger charge is 2.13. The van der Waals surface area contributed by atoms with Gasteiger partial charge in [0.2, 0.25) is 0 Å². The van der Waals surface area contributed by atoms with Crippen molar-refractivity contribution in [3.05, 3.63) is 52.6 Å².